The number of nitrogens with one attached hydrogen (secondary N) is 1. The van der Waals surface area contributed by atoms with Gasteiger partial charge in [0.15, 0.2) is 0 Å². The second-order valence-electron chi connectivity index (χ2n) is 4.52. The van der Waals surface area contributed by atoms with E-state index in [1.165, 1.54) is 0 Å². The Balaban J connectivity index is 0.00000180. The molecule has 1 aliphatic heterocycles. The maximum atomic E-state index is 10.0. The van der Waals surface area contributed by atoms with Gasteiger partial charge < -0.3 is 15.5 Å². The van der Waals surface area contributed by atoms with E-state index < -0.39 is 0 Å². The molecule has 2 rings (SSSR count). The number of aliphatic hydroxyl groups excluding tert-OH is 1. The van der Waals surface area contributed by atoms with Crippen LogP contribution in [0.2, 0.25) is 0 Å². The molecule has 0 radical (unpaired) electrons. The number of aromatic hydroxyl groups is 1. The zero-order valence-electron chi connectivity index (χ0n) is 10.7. The highest BCUT2D eigenvalue weighted by Gasteiger charge is 2.24. The number of phenols is 1. The Morgan fingerprint density at radius 2 is 2.00 bits per heavy atom. The number of benzene rings is 1. The fourth-order valence-corrected chi connectivity index (χ4v) is 2.82. The first-order chi connectivity index (χ1) is 8.72. The van der Waals surface area contributed by atoms with E-state index in [4.69, 9.17) is 0 Å². The van der Waals surface area contributed by atoms with Gasteiger partial charge in [0.1, 0.15) is 5.75 Å². The maximum absolute atomic E-state index is 10.0. The van der Waals surface area contributed by atoms with Crippen LogP contribution in [0.3, 0.4) is 0 Å². The molecule has 0 unspecified atom stereocenters. The maximum Gasteiger partial charge on any atom is 0.120 e. The van der Waals surface area contributed by atoms with Crippen LogP contribution in [-0.2, 0) is 0 Å². The quantitative estimate of drug-likeness (QED) is 0.775. The highest BCUT2D eigenvalue weighted by Crippen LogP contribution is 2.33. The van der Waals surface area contributed by atoms with E-state index in [1.807, 2.05) is 12.1 Å². The van der Waals surface area contributed by atoms with Crippen LogP contribution in [0.25, 0.3) is 0 Å². The standard InChI is InChI=1S/C13H19BrN2O2.ClH/c14-10-1-2-13(18)11(9-10)12(3-8-17)16-6-4-15-5-7-16;/h1-2,9,12,15,17-18H,3-8H2;1H/t12-;/m0./s1. The van der Waals surface area contributed by atoms with Gasteiger partial charge in [-0.1, -0.05) is 15.9 Å². The van der Waals surface area contributed by atoms with Crippen LogP contribution in [0, 0.1) is 0 Å². The summed E-state index contributed by atoms with van der Waals surface area (Å²) < 4.78 is 0.952. The van der Waals surface area contributed by atoms with Crippen molar-refractivity contribution in [2.45, 2.75) is 12.5 Å². The molecule has 4 nitrogen and oxygen atoms in total. The smallest absolute Gasteiger partial charge is 0.120 e. The molecule has 1 fully saturated rings. The van der Waals surface area contributed by atoms with Gasteiger partial charge in [0, 0.05) is 48.9 Å². The van der Waals surface area contributed by atoms with Crippen molar-refractivity contribution in [1.29, 1.82) is 0 Å². The third-order valence-corrected chi connectivity index (χ3v) is 3.84. The van der Waals surface area contributed by atoms with Crippen molar-refractivity contribution in [2.24, 2.45) is 0 Å². The fraction of sp³-hybridized carbons (Fsp3) is 0.538. The molecule has 19 heavy (non-hydrogen) atoms. The summed E-state index contributed by atoms with van der Waals surface area (Å²) in [4.78, 5) is 2.31. The Bertz CT molecular complexity index is 400. The molecule has 0 bridgehead atoms. The van der Waals surface area contributed by atoms with Crippen LogP contribution >= 0.6 is 28.3 Å². The molecule has 1 heterocycles. The van der Waals surface area contributed by atoms with Gasteiger partial charge in [-0.15, -0.1) is 12.4 Å². The van der Waals surface area contributed by atoms with Crippen LogP contribution in [-0.4, -0.2) is 47.9 Å². The third-order valence-electron chi connectivity index (χ3n) is 3.34. The lowest BCUT2D eigenvalue weighted by Gasteiger charge is -2.35. The molecule has 0 aliphatic carbocycles. The first-order valence-electron chi connectivity index (χ1n) is 6.26. The Kier molecular flexibility index (Phi) is 7.10. The van der Waals surface area contributed by atoms with Gasteiger partial charge in [-0.05, 0) is 24.6 Å². The number of aliphatic hydroxyl groups is 1. The van der Waals surface area contributed by atoms with E-state index in [1.54, 1.807) is 6.07 Å². The molecule has 3 N–H and O–H groups in total. The summed E-state index contributed by atoms with van der Waals surface area (Å²) in [6.07, 6.45) is 0.643. The predicted molar refractivity (Wildman–Crippen MR) is 81.9 cm³/mol. The van der Waals surface area contributed by atoms with E-state index in [0.717, 1.165) is 36.2 Å². The largest absolute Gasteiger partial charge is 0.508 e. The van der Waals surface area contributed by atoms with Crippen molar-refractivity contribution in [2.75, 3.05) is 32.8 Å². The molecule has 1 atom stereocenters. The Morgan fingerprint density at radius 3 is 2.63 bits per heavy atom. The summed E-state index contributed by atoms with van der Waals surface area (Å²) in [6, 6.07) is 5.55. The number of halogens is 2. The Hall–Kier alpha value is -0.330. The van der Waals surface area contributed by atoms with Crippen LogP contribution in [0.4, 0.5) is 0 Å². The van der Waals surface area contributed by atoms with E-state index in [2.05, 4.69) is 26.1 Å². The molecule has 1 saturated heterocycles. The topological polar surface area (TPSA) is 55.7 Å². The zero-order chi connectivity index (χ0) is 13.0. The predicted octanol–water partition coefficient (Wildman–Crippen LogP) is 1.91. The molecule has 6 heteroatoms. The molecular formula is C13H20BrClN2O2. The van der Waals surface area contributed by atoms with Crippen molar-refractivity contribution < 1.29 is 10.2 Å². The molecule has 0 saturated carbocycles. The van der Waals surface area contributed by atoms with Gasteiger partial charge in [0.05, 0.1) is 0 Å². The van der Waals surface area contributed by atoms with Crippen LogP contribution in [0.1, 0.15) is 18.0 Å². The number of piperazine rings is 1. The average Bonchev–Trinajstić information content (AvgIpc) is 2.40. The van der Waals surface area contributed by atoms with Crippen molar-refractivity contribution in [3.63, 3.8) is 0 Å². The number of rotatable bonds is 4. The summed E-state index contributed by atoms with van der Waals surface area (Å²) in [7, 11) is 0. The van der Waals surface area contributed by atoms with Crippen molar-refractivity contribution in [3.05, 3.63) is 28.2 Å². The van der Waals surface area contributed by atoms with Gasteiger partial charge in [-0.3, -0.25) is 4.90 Å². The lowest BCUT2D eigenvalue weighted by Crippen LogP contribution is -2.45. The Morgan fingerprint density at radius 1 is 1.32 bits per heavy atom. The summed E-state index contributed by atoms with van der Waals surface area (Å²) in [5, 5.41) is 22.6. The molecule has 1 aromatic rings. The van der Waals surface area contributed by atoms with Crippen LogP contribution in [0.5, 0.6) is 5.75 Å². The summed E-state index contributed by atoms with van der Waals surface area (Å²) in [5.74, 6) is 0.301. The molecular weight excluding hydrogens is 332 g/mol. The number of phenolic OH excluding ortho intramolecular Hbond substituents is 1. The number of nitrogens with zero attached hydrogens (tertiary/aromatic N) is 1. The van der Waals surface area contributed by atoms with Gasteiger partial charge in [-0.2, -0.15) is 0 Å². The van der Waals surface area contributed by atoms with E-state index in [0.29, 0.717) is 12.2 Å². The first-order valence-corrected chi connectivity index (χ1v) is 7.05. The van der Waals surface area contributed by atoms with Crippen LogP contribution < -0.4 is 5.32 Å². The minimum atomic E-state index is 0. The molecule has 1 aliphatic rings. The zero-order valence-corrected chi connectivity index (χ0v) is 13.1. The summed E-state index contributed by atoms with van der Waals surface area (Å²) >= 11 is 3.44. The second-order valence-corrected chi connectivity index (χ2v) is 5.43. The molecule has 0 aromatic heterocycles. The summed E-state index contributed by atoms with van der Waals surface area (Å²) in [6.45, 7) is 3.92. The number of hydrogen-bond donors (Lipinski definition) is 3. The minimum absolute atomic E-state index is 0. The fourth-order valence-electron chi connectivity index (χ4n) is 2.44. The molecule has 0 amide bonds. The van der Waals surface area contributed by atoms with Crippen molar-refractivity contribution >= 4 is 28.3 Å². The van der Waals surface area contributed by atoms with Gasteiger partial charge in [0.2, 0.25) is 0 Å². The molecule has 0 spiro atoms. The monoisotopic (exact) mass is 350 g/mol. The SMILES string of the molecule is Cl.OCC[C@@H](c1cc(Br)ccc1O)N1CCNCC1. The highest BCUT2D eigenvalue weighted by molar-refractivity contribution is 9.10. The summed E-state index contributed by atoms with van der Waals surface area (Å²) in [5.41, 5.74) is 0.889. The normalized spacial score (nSPS) is 17.8. The lowest BCUT2D eigenvalue weighted by atomic mass is 10.0. The van der Waals surface area contributed by atoms with Crippen molar-refractivity contribution in [3.8, 4) is 5.75 Å². The van der Waals surface area contributed by atoms with Crippen molar-refractivity contribution in [1.82, 2.24) is 10.2 Å². The van der Waals surface area contributed by atoms with Crippen LogP contribution in [0.15, 0.2) is 22.7 Å². The third kappa shape index (κ3) is 4.33. The van der Waals surface area contributed by atoms with Gasteiger partial charge >= 0.3 is 0 Å². The second kappa shape index (κ2) is 8.07. The van der Waals surface area contributed by atoms with E-state index >= 15 is 0 Å². The van der Waals surface area contributed by atoms with Gasteiger partial charge in [-0.25, -0.2) is 0 Å². The average molecular weight is 352 g/mol. The Labute approximate surface area is 128 Å². The minimum Gasteiger partial charge on any atom is -0.508 e. The molecule has 108 valence electrons. The first kappa shape index (κ1) is 16.7. The highest BCUT2D eigenvalue weighted by atomic mass is 79.9. The van der Waals surface area contributed by atoms with Gasteiger partial charge in [0.25, 0.3) is 0 Å². The number of hydrogen-bond acceptors (Lipinski definition) is 4. The van der Waals surface area contributed by atoms with E-state index in [9.17, 15) is 10.2 Å². The van der Waals surface area contributed by atoms with E-state index in [-0.39, 0.29) is 25.1 Å². The molecule has 1 aromatic carbocycles. The lowest BCUT2D eigenvalue weighted by molar-refractivity contribution is 0.139.